The average molecular weight is 312 g/mol. The minimum atomic E-state index is -0.546. The molecule has 0 saturated heterocycles. The van der Waals surface area contributed by atoms with Crippen LogP contribution < -0.4 is 16.2 Å². The lowest BCUT2D eigenvalue weighted by Gasteiger charge is -2.08. The Morgan fingerprint density at radius 3 is 2.52 bits per heavy atom. The number of benzene rings is 1. The van der Waals surface area contributed by atoms with Crippen LogP contribution in [0.4, 0.5) is 0 Å². The van der Waals surface area contributed by atoms with E-state index in [2.05, 4.69) is 21.2 Å². The summed E-state index contributed by atoms with van der Waals surface area (Å²) in [7, 11) is 0. The highest BCUT2D eigenvalue weighted by Crippen LogP contribution is 2.03. The second kappa shape index (κ2) is 7.69. The number of carbonyl (C=O) groups is 3. The van der Waals surface area contributed by atoms with Gasteiger partial charge in [0.25, 0.3) is 17.7 Å². The second-order valence-corrected chi connectivity index (χ2v) is 4.77. The molecular formula is C16H16N4O3. The number of nitrogens with one attached hydrogen (secondary N) is 3. The quantitative estimate of drug-likeness (QED) is 0.719. The number of carbonyl (C=O) groups excluding carboxylic acids is 3. The first-order chi connectivity index (χ1) is 11.1. The Labute approximate surface area is 133 Å². The van der Waals surface area contributed by atoms with Gasteiger partial charge in [0.15, 0.2) is 0 Å². The molecule has 0 atom stereocenters. The van der Waals surface area contributed by atoms with Crippen molar-refractivity contribution in [2.24, 2.45) is 0 Å². The molecule has 1 aromatic heterocycles. The molecule has 0 unspecified atom stereocenters. The summed E-state index contributed by atoms with van der Waals surface area (Å²) in [5.74, 6) is -1.45. The van der Waals surface area contributed by atoms with E-state index >= 15 is 0 Å². The highest BCUT2D eigenvalue weighted by Gasteiger charge is 2.10. The minimum absolute atomic E-state index is 0.177. The third-order valence-corrected chi connectivity index (χ3v) is 2.90. The van der Waals surface area contributed by atoms with Crippen molar-refractivity contribution < 1.29 is 14.4 Å². The number of amides is 3. The Morgan fingerprint density at radius 1 is 1.00 bits per heavy atom. The Hall–Kier alpha value is -3.22. The summed E-state index contributed by atoms with van der Waals surface area (Å²) < 4.78 is 0. The topological polar surface area (TPSA) is 100 Å². The van der Waals surface area contributed by atoms with Crippen LogP contribution in [0, 0.1) is 6.92 Å². The Balaban J connectivity index is 1.77. The molecule has 2 rings (SSSR count). The second-order valence-electron chi connectivity index (χ2n) is 4.77. The highest BCUT2D eigenvalue weighted by atomic mass is 16.2. The van der Waals surface area contributed by atoms with E-state index in [9.17, 15) is 14.4 Å². The summed E-state index contributed by atoms with van der Waals surface area (Å²) in [5, 5.41) is 2.47. The zero-order valence-electron chi connectivity index (χ0n) is 12.5. The van der Waals surface area contributed by atoms with Crippen LogP contribution in [0.25, 0.3) is 0 Å². The first-order valence-electron chi connectivity index (χ1n) is 6.91. The molecule has 3 amide bonds. The fraction of sp³-hybridized carbons (Fsp3) is 0.125. The third kappa shape index (κ3) is 4.92. The molecular weight excluding hydrogens is 296 g/mol. The van der Waals surface area contributed by atoms with Gasteiger partial charge in [0.2, 0.25) is 0 Å². The Bertz CT molecular complexity index is 716. The predicted molar refractivity (Wildman–Crippen MR) is 83.4 cm³/mol. The fourth-order valence-corrected chi connectivity index (χ4v) is 1.78. The molecule has 1 heterocycles. The zero-order valence-corrected chi connectivity index (χ0v) is 12.5. The lowest BCUT2D eigenvalue weighted by atomic mass is 10.1. The van der Waals surface area contributed by atoms with Crippen molar-refractivity contribution in [1.29, 1.82) is 0 Å². The summed E-state index contributed by atoms with van der Waals surface area (Å²) >= 11 is 0. The van der Waals surface area contributed by atoms with Crippen molar-refractivity contribution in [2.75, 3.05) is 6.54 Å². The molecule has 0 radical (unpaired) electrons. The van der Waals surface area contributed by atoms with E-state index in [1.165, 1.54) is 12.3 Å². The normalized spacial score (nSPS) is 9.78. The molecule has 0 aliphatic rings. The van der Waals surface area contributed by atoms with Crippen molar-refractivity contribution in [3.05, 3.63) is 65.5 Å². The zero-order chi connectivity index (χ0) is 16.7. The monoisotopic (exact) mass is 312 g/mol. The van der Waals surface area contributed by atoms with Crippen molar-refractivity contribution in [1.82, 2.24) is 21.2 Å². The van der Waals surface area contributed by atoms with E-state index in [1.807, 2.05) is 13.0 Å². The number of pyridine rings is 1. The van der Waals surface area contributed by atoms with Crippen LogP contribution in [0.5, 0.6) is 0 Å². The van der Waals surface area contributed by atoms with Gasteiger partial charge in [-0.05, 0) is 31.2 Å². The molecule has 118 valence electrons. The fourth-order valence-electron chi connectivity index (χ4n) is 1.78. The summed E-state index contributed by atoms with van der Waals surface area (Å²) in [6.07, 6.45) is 1.47. The van der Waals surface area contributed by atoms with Gasteiger partial charge in [0.1, 0.15) is 5.69 Å². The number of aromatic nitrogens is 1. The number of aryl methyl sites for hydroxylation is 1. The summed E-state index contributed by atoms with van der Waals surface area (Å²) in [4.78, 5) is 39.0. The van der Waals surface area contributed by atoms with Gasteiger partial charge in [0.05, 0.1) is 6.54 Å². The van der Waals surface area contributed by atoms with E-state index in [0.717, 1.165) is 5.56 Å². The number of hydrazine groups is 1. The predicted octanol–water partition coefficient (Wildman–Crippen LogP) is 0.581. The number of hydrogen-bond acceptors (Lipinski definition) is 4. The molecule has 0 aliphatic carbocycles. The molecule has 2 aromatic rings. The van der Waals surface area contributed by atoms with Gasteiger partial charge in [0, 0.05) is 11.8 Å². The summed E-state index contributed by atoms with van der Waals surface area (Å²) in [5.41, 5.74) is 6.02. The molecule has 0 bridgehead atoms. The van der Waals surface area contributed by atoms with Crippen LogP contribution >= 0.6 is 0 Å². The lowest BCUT2D eigenvalue weighted by Crippen LogP contribution is -2.46. The molecule has 3 N–H and O–H groups in total. The van der Waals surface area contributed by atoms with E-state index in [-0.39, 0.29) is 18.1 Å². The first-order valence-corrected chi connectivity index (χ1v) is 6.91. The molecule has 1 aromatic carbocycles. The van der Waals surface area contributed by atoms with E-state index < -0.39 is 11.8 Å². The van der Waals surface area contributed by atoms with Gasteiger partial charge >= 0.3 is 0 Å². The minimum Gasteiger partial charge on any atom is -0.343 e. The lowest BCUT2D eigenvalue weighted by molar-refractivity contribution is -0.120. The maximum Gasteiger partial charge on any atom is 0.288 e. The maximum atomic E-state index is 11.9. The average Bonchev–Trinajstić information content (AvgIpc) is 2.58. The Morgan fingerprint density at radius 2 is 1.83 bits per heavy atom. The van der Waals surface area contributed by atoms with Gasteiger partial charge in [-0.25, -0.2) is 0 Å². The van der Waals surface area contributed by atoms with Gasteiger partial charge in [-0.3, -0.25) is 30.2 Å². The largest absolute Gasteiger partial charge is 0.343 e. The summed E-state index contributed by atoms with van der Waals surface area (Å²) in [6, 6.07) is 11.9. The Kier molecular flexibility index (Phi) is 5.40. The molecule has 7 heteroatoms. The summed E-state index contributed by atoms with van der Waals surface area (Å²) in [6.45, 7) is 1.62. The van der Waals surface area contributed by atoms with Crippen LogP contribution in [-0.2, 0) is 4.79 Å². The number of nitrogens with zero attached hydrogens (tertiary/aromatic N) is 1. The third-order valence-electron chi connectivity index (χ3n) is 2.90. The van der Waals surface area contributed by atoms with Crippen LogP contribution in [-0.4, -0.2) is 29.3 Å². The standard InChI is InChI=1S/C16H16N4O3/c1-11-5-4-6-12(9-11)15(22)18-10-14(21)19-20-16(23)13-7-2-3-8-17-13/h2-9H,10H2,1H3,(H,18,22)(H,19,21)(H,20,23). The van der Waals surface area contributed by atoms with Crippen molar-refractivity contribution in [3.8, 4) is 0 Å². The SMILES string of the molecule is Cc1cccc(C(=O)NCC(=O)NNC(=O)c2ccccn2)c1. The van der Waals surface area contributed by atoms with Crippen molar-refractivity contribution >= 4 is 17.7 Å². The van der Waals surface area contributed by atoms with Crippen LogP contribution in [0.2, 0.25) is 0 Å². The highest BCUT2D eigenvalue weighted by molar-refractivity contribution is 5.97. The molecule has 7 nitrogen and oxygen atoms in total. The van der Waals surface area contributed by atoms with E-state index in [0.29, 0.717) is 5.56 Å². The molecule has 0 fully saturated rings. The number of rotatable bonds is 4. The van der Waals surface area contributed by atoms with Crippen molar-refractivity contribution in [2.45, 2.75) is 6.92 Å². The smallest absolute Gasteiger partial charge is 0.288 e. The van der Waals surface area contributed by atoms with E-state index in [4.69, 9.17) is 0 Å². The van der Waals surface area contributed by atoms with Crippen molar-refractivity contribution in [3.63, 3.8) is 0 Å². The first kappa shape index (κ1) is 16.2. The number of hydrogen-bond donors (Lipinski definition) is 3. The van der Waals surface area contributed by atoms with Gasteiger partial charge in [-0.1, -0.05) is 23.8 Å². The molecule has 0 saturated carbocycles. The molecule has 0 aliphatic heterocycles. The molecule has 23 heavy (non-hydrogen) atoms. The van der Waals surface area contributed by atoms with Crippen LogP contribution in [0.1, 0.15) is 26.4 Å². The maximum absolute atomic E-state index is 11.9. The van der Waals surface area contributed by atoms with E-state index in [1.54, 1.807) is 30.3 Å². The van der Waals surface area contributed by atoms with Gasteiger partial charge in [-0.2, -0.15) is 0 Å². The van der Waals surface area contributed by atoms with Crippen LogP contribution in [0.15, 0.2) is 48.7 Å². The van der Waals surface area contributed by atoms with Crippen LogP contribution in [0.3, 0.4) is 0 Å². The molecule has 0 spiro atoms. The van der Waals surface area contributed by atoms with Gasteiger partial charge in [-0.15, -0.1) is 0 Å². The van der Waals surface area contributed by atoms with Gasteiger partial charge < -0.3 is 5.32 Å².